The molecule has 0 spiro atoms. The minimum absolute atomic E-state index is 0.127. The summed E-state index contributed by atoms with van der Waals surface area (Å²) in [5.41, 5.74) is 0.600. The smallest absolute Gasteiger partial charge is 0.136 e. The highest BCUT2D eigenvalue weighted by molar-refractivity contribution is 4.13. The monoisotopic (exact) mass is 124 g/mol. The van der Waals surface area contributed by atoms with E-state index in [0.717, 1.165) is 0 Å². The highest BCUT2D eigenvalue weighted by atomic mass is 16.9. The molecule has 0 saturated carbocycles. The van der Waals surface area contributed by atoms with E-state index in [0.29, 0.717) is 11.3 Å². The van der Waals surface area contributed by atoms with Crippen LogP contribution >= 0.6 is 0 Å². The third-order valence-corrected chi connectivity index (χ3v) is 0.455. The van der Waals surface area contributed by atoms with Crippen LogP contribution in [0, 0.1) is 10.4 Å². The zero-order valence-corrected chi connectivity index (χ0v) is 4.20. The summed E-state index contributed by atoms with van der Waals surface area (Å²) in [5, 5.41) is 18.8. The van der Waals surface area contributed by atoms with Crippen molar-refractivity contribution in [1.82, 2.24) is 0 Å². The van der Waals surface area contributed by atoms with E-state index >= 15 is 0 Å². The summed E-state index contributed by atoms with van der Waals surface area (Å²) in [6.45, 7) is 0.254. The van der Waals surface area contributed by atoms with E-state index < -0.39 is 0 Å². The Kier molecular flexibility index (Phi) is 6.56. The van der Waals surface area contributed by atoms with Gasteiger partial charge in [0.2, 0.25) is 0 Å². The van der Waals surface area contributed by atoms with E-state index in [1.807, 2.05) is 0 Å². The fourth-order valence-corrected chi connectivity index (χ4v) is 0.192. The zero-order valence-electron chi connectivity index (χ0n) is 4.20. The molecule has 0 rings (SSSR count). The molecule has 0 aliphatic carbocycles. The molecule has 0 unspecified atom stereocenters. The molecule has 0 heterocycles. The van der Waals surface area contributed by atoms with Crippen LogP contribution in [0.5, 0.6) is 0 Å². The lowest BCUT2D eigenvalue weighted by Gasteiger charge is -2.01. The second-order valence-electron chi connectivity index (χ2n) is 0.934. The van der Waals surface area contributed by atoms with E-state index in [1.165, 1.54) is 0 Å². The molecule has 0 aromatic heterocycles. The van der Waals surface area contributed by atoms with Crippen LogP contribution in [0.2, 0.25) is 0 Å². The first kappa shape index (κ1) is 7.76. The molecule has 0 bridgehead atoms. The lowest BCUT2D eigenvalue weighted by atomic mass is 10.8. The SMILES string of the molecule is [O-][NH2+]OCCO[NH2+][O-]. The molecule has 0 aliphatic rings. The van der Waals surface area contributed by atoms with Gasteiger partial charge >= 0.3 is 0 Å². The molecule has 0 aromatic carbocycles. The van der Waals surface area contributed by atoms with Crippen LogP contribution in [0.25, 0.3) is 0 Å². The Balaban J connectivity index is 2.53. The summed E-state index contributed by atoms with van der Waals surface area (Å²) in [6, 6.07) is 0. The van der Waals surface area contributed by atoms with Crippen LogP contribution in [0.4, 0.5) is 0 Å². The molecule has 0 fully saturated rings. The van der Waals surface area contributed by atoms with Gasteiger partial charge in [0.1, 0.15) is 13.2 Å². The largest absolute Gasteiger partial charge is 0.601 e. The summed E-state index contributed by atoms with van der Waals surface area (Å²) in [4.78, 5) is 8.34. The molecule has 0 amide bonds. The van der Waals surface area contributed by atoms with Crippen molar-refractivity contribution in [2.75, 3.05) is 13.2 Å². The summed E-state index contributed by atoms with van der Waals surface area (Å²) < 4.78 is 0. The van der Waals surface area contributed by atoms with Crippen LogP contribution in [0.15, 0.2) is 0 Å². The Labute approximate surface area is 45.8 Å². The Morgan fingerprint density at radius 3 is 1.62 bits per heavy atom. The zero-order chi connectivity index (χ0) is 6.24. The van der Waals surface area contributed by atoms with Crippen molar-refractivity contribution in [3.05, 3.63) is 10.4 Å². The molecular formula is C2H8N2O4. The van der Waals surface area contributed by atoms with Gasteiger partial charge in [0.15, 0.2) is 0 Å². The second-order valence-corrected chi connectivity index (χ2v) is 0.934. The van der Waals surface area contributed by atoms with Gasteiger partial charge in [0.25, 0.3) is 0 Å². The molecule has 50 valence electrons. The molecule has 0 aliphatic heterocycles. The van der Waals surface area contributed by atoms with Crippen LogP contribution in [0.3, 0.4) is 0 Å². The average molecular weight is 124 g/mol. The number of hydrogen-bond acceptors (Lipinski definition) is 4. The minimum Gasteiger partial charge on any atom is -0.601 e. The lowest BCUT2D eigenvalue weighted by molar-refractivity contribution is -0.871. The first-order valence-electron chi connectivity index (χ1n) is 2.02. The standard InChI is InChI=1S/C2H8N2O4/c5-3-7-1-2-8-4-6/h1-4H2. The van der Waals surface area contributed by atoms with Gasteiger partial charge < -0.3 is 10.4 Å². The molecular weight excluding hydrogens is 116 g/mol. The first-order chi connectivity index (χ1) is 3.91. The summed E-state index contributed by atoms with van der Waals surface area (Å²) in [6.07, 6.45) is 0. The summed E-state index contributed by atoms with van der Waals surface area (Å²) in [7, 11) is 0. The fraction of sp³-hybridized carbons (Fsp3) is 1.00. The van der Waals surface area contributed by atoms with Crippen molar-refractivity contribution in [1.29, 1.82) is 0 Å². The van der Waals surface area contributed by atoms with Crippen molar-refractivity contribution in [2.45, 2.75) is 0 Å². The van der Waals surface area contributed by atoms with E-state index in [-0.39, 0.29) is 13.2 Å². The van der Waals surface area contributed by atoms with Crippen molar-refractivity contribution in [3.8, 4) is 0 Å². The van der Waals surface area contributed by atoms with Gasteiger partial charge in [-0.3, -0.25) is 0 Å². The van der Waals surface area contributed by atoms with Crippen LogP contribution < -0.4 is 11.3 Å². The van der Waals surface area contributed by atoms with Crippen LogP contribution in [0.1, 0.15) is 0 Å². The van der Waals surface area contributed by atoms with E-state index in [4.69, 9.17) is 0 Å². The Bertz CT molecular complexity index is 37.0. The van der Waals surface area contributed by atoms with Crippen LogP contribution in [-0.4, -0.2) is 13.2 Å². The highest BCUT2D eigenvalue weighted by Crippen LogP contribution is 1.57. The van der Waals surface area contributed by atoms with E-state index in [9.17, 15) is 10.4 Å². The van der Waals surface area contributed by atoms with Crippen molar-refractivity contribution in [2.24, 2.45) is 0 Å². The molecule has 6 nitrogen and oxygen atoms in total. The first-order valence-corrected chi connectivity index (χ1v) is 2.02. The number of quaternary nitrogens is 2. The van der Waals surface area contributed by atoms with Crippen molar-refractivity contribution in [3.63, 3.8) is 0 Å². The lowest BCUT2D eigenvalue weighted by Crippen LogP contribution is -2.78. The van der Waals surface area contributed by atoms with E-state index in [2.05, 4.69) is 9.68 Å². The van der Waals surface area contributed by atoms with Gasteiger partial charge in [0, 0.05) is 0 Å². The topological polar surface area (TPSA) is 97.8 Å². The Hall–Kier alpha value is -0.240. The molecule has 0 radical (unpaired) electrons. The third kappa shape index (κ3) is 5.76. The normalized spacial score (nSPS) is 9.75. The number of nitrogens with two attached hydrogens (primary N) is 2. The molecule has 0 saturated heterocycles. The van der Waals surface area contributed by atoms with Gasteiger partial charge in [-0.2, -0.15) is 0 Å². The maximum absolute atomic E-state index is 9.40. The average Bonchev–Trinajstić information content (AvgIpc) is 1.81. The quantitative estimate of drug-likeness (QED) is 0.301. The molecule has 0 aromatic rings. The third-order valence-electron chi connectivity index (χ3n) is 0.455. The maximum Gasteiger partial charge on any atom is 0.136 e. The van der Waals surface area contributed by atoms with Gasteiger partial charge in [-0.15, -0.1) is 0 Å². The summed E-state index contributed by atoms with van der Waals surface area (Å²) >= 11 is 0. The van der Waals surface area contributed by atoms with Crippen molar-refractivity contribution >= 4 is 0 Å². The van der Waals surface area contributed by atoms with Gasteiger partial charge in [0.05, 0.1) is 0 Å². The number of hydrogen-bond donors (Lipinski definition) is 2. The Morgan fingerprint density at radius 2 is 1.38 bits per heavy atom. The predicted molar refractivity (Wildman–Crippen MR) is 22.5 cm³/mol. The predicted octanol–water partition coefficient (Wildman–Crippen LogP) is -3.03. The molecule has 6 heteroatoms. The molecule has 0 atom stereocenters. The Morgan fingerprint density at radius 1 is 1.00 bits per heavy atom. The summed E-state index contributed by atoms with van der Waals surface area (Å²) in [5.74, 6) is 0. The van der Waals surface area contributed by atoms with E-state index in [1.54, 1.807) is 0 Å². The molecule has 8 heavy (non-hydrogen) atoms. The second kappa shape index (κ2) is 6.76. The minimum atomic E-state index is 0.127. The highest BCUT2D eigenvalue weighted by Gasteiger charge is 1.84. The van der Waals surface area contributed by atoms with Crippen molar-refractivity contribution < 1.29 is 21.0 Å². The van der Waals surface area contributed by atoms with Gasteiger partial charge in [-0.1, -0.05) is 0 Å². The number of rotatable bonds is 5. The van der Waals surface area contributed by atoms with Crippen LogP contribution in [-0.2, 0) is 9.68 Å². The fourth-order valence-electron chi connectivity index (χ4n) is 0.192. The maximum atomic E-state index is 9.40. The molecule has 4 N–H and O–H groups in total. The van der Waals surface area contributed by atoms with Gasteiger partial charge in [-0.05, 0) is 0 Å². The van der Waals surface area contributed by atoms with Gasteiger partial charge in [-0.25, -0.2) is 21.0 Å².